The third-order valence-corrected chi connectivity index (χ3v) is 6.13. The molecule has 0 atom stereocenters. The van der Waals surface area contributed by atoms with E-state index in [1.807, 2.05) is 59.5 Å². The van der Waals surface area contributed by atoms with E-state index in [1.165, 1.54) is 0 Å². The molecule has 0 spiro atoms. The first-order valence-electron chi connectivity index (χ1n) is 12.1. The van der Waals surface area contributed by atoms with Crippen molar-refractivity contribution in [3.05, 3.63) is 83.4 Å². The standard InChI is InChI=1S/C28H30ClN3O4/c1-2-18-35-24-11-8-21(9-12-24)28(34)32-16-14-31(15-17-32)26-13-10-22(19-25(26)29)30-27(33)20-36-23-6-4-3-5-7-23/h3-13,19H,2,14-18,20H2,1H3,(H,30,33). The third kappa shape index (κ3) is 6.70. The van der Waals surface area contributed by atoms with Crippen molar-refractivity contribution in [2.75, 3.05) is 49.6 Å². The Morgan fingerprint density at radius 1 is 0.889 bits per heavy atom. The number of carbonyl (C=O) groups excluding carboxylic acids is 2. The third-order valence-electron chi connectivity index (χ3n) is 5.83. The predicted molar refractivity (Wildman–Crippen MR) is 142 cm³/mol. The van der Waals surface area contributed by atoms with E-state index >= 15 is 0 Å². The molecule has 1 fully saturated rings. The molecule has 2 amide bonds. The van der Waals surface area contributed by atoms with Gasteiger partial charge in [-0.15, -0.1) is 0 Å². The minimum atomic E-state index is -0.264. The van der Waals surface area contributed by atoms with Gasteiger partial charge in [0.1, 0.15) is 11.5 Å². The molecule has 0 aromatic heterocycles. The summed E-state index contributed by atoms with van der Waals surface area (Å²) in [5, 5.41) is 3.35. The first-order valence-corrected chi connectivity index (χ1v) is 12.5. The van der Waals surface area contributed by atoms with Crippen LogP contribution in [0.25, 0.3) is 0 Å². The number of rotatable bonds is 9. The number of hydrogen-bond donors (Lipinski definition) is 1. The van der Waals surface area contributed by atoms with Crippen LogP contribution in [0.1, 0.15) is 23.7 Å². The molecule has 4 rings (SSSR count). The number of nitrogens with one attached hydrogen (secondary N) is 1. The van der Waals surface area contributed by atoms with Crippen LogP contribution in [0, 0.1) is 0 Å². The van der Waals surface area contributed by atoms with Crippen molar-refractivity contribution in [2.45, 2.75) is 13.3 Å². The van der Waals surface area contributed by atoms with Crippen molar-refractivity contribution in [1.82, 2.24) is 4.90 Å². The molecule has 1 saturated heterocycles. The molecule has 3 aromatic rings. The number of anilines is 2. The van der Waals surface area contributed by atoms with Crippen LogP contribution in [0.4, 0.5) is 11.4 Å². The maximum absolute atomic E-state index is 12.9. The second-order valence-corrected chi connectivity index (χ2v) is 8.88. The average Bonchev–Trinajstić information content (AvgIpc) is 2.91. The molecule has 8 heteroatoms. The van der Waals surface area contributed by atoms with E-state index in [0.29, 0.717) is 54.8 Å². The van der Waals surface area contributed by atoms with Crippen LogP contribution < -0.4 is 19.7 Å². The number of para-hydroxylation sites is 1. The molecule has 0 radical (unpaired) electrons. The average molecular weight is 508 g/mol. The Morgan fingerprint density at radius 2 is 1.58 bits per heavy atom. The minimum Gasteiger partial charge on any atom is -0.494 e. The van der Waals surface area contributed by atoms with Crippen LogP contribution in [0.15, 0.2) is 72.8 Å². The highest BCUT2D eigenvalue weighted by Gasteiger charge is 2.23. The molecule has 1 N–H and O–H groups in total. The normalized spacial score (nSPS) is 13.3. The van der Waals surface area contributed by atoms with Gasteiger partial charge < -0.3 is 24.6 Å². The fourth-order valence-electron chi connectivity index (χ4n) is 3.95. The lowest BCUT2D eigenvalue weighted by atomic mass is 10.1. The second-order valence-electron chi connectivity index (χ2n) is 8.47. The van der Waals surface area contributed by atoms with Crippen molar-refractivity contribution < 1.29 is 19.1 Å². The fourth-order valence-corrected chi connectivity index (χ4v) is 4.25. The van der Waals surface area contributed by atoms with Gasteiger partial charge in [-0.05, 0) is 61.0 Å². The number of ether oxygens (including phenoxy) is 2. The van der Waals surface area contributed by atoms with Gasteiger partial charge in [0.05, 0.1) is 17.3 Å². The molecule has 1 aliphatic rings. The van der Waals surface area contributed by atoms with E-state index in [2.05, 4.69) is 17.1 Å². The van der Waals surface area contributed by atoms with Crippen LogP contribution in [0.5, 0.6) is 11.5 Å². The summed E-state index contributed by atoms with van der Waals surface area (Å²) in [7, 11) is 0. The molecule has 1 aliphatic heterocycles. The van der Waals surface area contributed by atoms with E-state index in [9.17, 15) is 9.59 Å². The van der Waals surface area contributed by atoms with Gasteiger partial charge in [-0.3, -0.25) is 9.59 Å². The Morgan fingerprint density at radius 3 is 2.25 bits per heavy atom. The lowest BCUT2D eigenvalue weighted by molar-refractivity contribution is -0.118. The van der Waals surface area contributed by atoms with Crippen molar-refractivity contribution in [2.24, 2.45) is 0 Å². The van der Waals surface area contributed by atoms with Gasteiger partial charge >= 0.3 is 0 Å². The van der Waals surface area contributed by atoms with E-state index < -0.39 is 0 Å². The lowest BCUT2D eigenvalue weighted by Gasteiger charge is -2.36. The summed E-state index contributed by atoms with van der Waals surface area (Å²) in [5.41, 5.74) is 2.13. The Balaban J connectivity index is 1.28. The lowest BCUT2D eigenvalue weighted by Crippen LogP contribution is -2.48. The number of amides is 2. The summed E-state index contributed by atoms with van der Waals surface area (Å²) < 4.78 is 11.1. The summed E-state index contributed by atoms with van der Waals surface area (Å²) in [6.07, 6.45) is 0.941. The van der Waals surface area contributed by atoms with Crippen LogP contribution in [-0.2, 0) is 4.79 Å². The Hall–Kier alpha value is -3.71. The maximum atomic E-state index is 12.9. The van der Waals surface area contributed by atoms with Crippen LogP contribution in [0.2, 0.25) is 5.02 Å². The maximum Gasteiger partial charge on any atom is 0.262 e. The molecule has 0 saturated carbocycles. The first-order chi connectivity index (χ1) is 17.5. The van der Waals surface area contributed by atoms with E-state index in [1.54, 1.807) is 18.2 Å². The van der Waals surface area contributed by atoms with Gasteiger partial charge in [0.15, 0.2) is 6.61 Å². The van der Waals surface area contributed by atoms with Crippen molar-refractivity contribution in [1.29, 1.82) is 0 Å². The number of halogens is 1. The SMILES string of the molecule is CCCOc1ccc(C(=O)N2CCN(c3ccc(NC(=O)COc4ccccc4)cc3Cl)CC2)cc1. The highest BCUT2D eigenvalue weighted by atomic mass is 35.5. The largest absolute Gasteiger partial charge is 0.494 e. The van der Waals surface area contributed by atoms with Gasteiger partial charge in [-0.25, -0.2) is 0 Å². The highest BCUT2D eigenvalue weighted by Crippen LogP contribution is 2.30. The zero-order valence-corrected chi connectivity index (χ0v) is 21.0. The first kappa shape index (κ1) is 25.4. The molecule has 0 bridgehead atoms. The molecule has 36 heavy (non-hydrogen) atoms. The molecule has 0 unspecified atom stereocenters. The summed E-state index contributed by atoms with van der Waals surface area (Å²) in [6, 6.07) is 21.9. The number of carbonyl (C=O) groups is 2. The minimum absolute atomic E-state index is 0.0126. The van der Waals surface area contributed by atoms with Gasteiger partial charge in [-0.2, -0.15) is 0 Å². The quantitative estimate of drug-likeness (QED) is 0.436. The predicted octanol–water partition coefficient (Wildman–Crippen LogP) is 5.11. The Labute approximate surface area is 216 Å². The summed E-state index contributed by atoms with van der Waals surface area (Å²) in [4.78, 5) is 29.2. The monoisotopic (exact) mass is 507 g/mol. The summed E-state index contributed by atoms with van der Waals surface area (Å²) in [6.45, 7) is 5.15. The van der Waals surface area contributed by atoms with Gasteiger partial charge in [0.2, 0.25) is 0 Å². The van der Waals surface area contributed by atoms with Gasteiger partial charge in [-0.1, -0.05) is 36.7 Å². The molecule has 3 aromatic carbocycles. The molecule has 1 heterocycles. The Kier molecular flexibility index (Phi) is 8.68. The zero-order valence-electron chi connectivity index (χ0n) is 20.3. The molecule has 7 nitrogen and oxygen atoms in total. The van der Waals surface area contributed by atoms with Gasteiger partial charge in [0, 0.05) is 37.4 Å². The van der Waals surface area contributed by atoms with Crippen LogP contribution in [0.3, 0.4) is 0 Å². The van der Waals surface area contributed by atoms with Crippen molar-refractivity contribution in [3.8, 4) is 11.5 Å². The molecular formula is C28H30ClN3O4. The second kappa shape index (κ2) is 12.3. The topological polar surface area (TPSA) is 71.1 Å². The van der Waals surface area contributed by atoms with Crippen molar-refractivity contribution in [3.63, 3.8) is 0 Å². The van der Waals surface area contributed by atoms with E-state index in [4.69, 9.17) is 21.1 Å². The van der Waals surface area contributed by atoms with Crippen LogP contribution >= 0.6 is 11.6 Å². The van der Waals surface area contributed by atoms with E-state index in [-0.39, 0.29) is 18.4 Å². The van der Waals surface area contributed by atoms with Crippen molar-refractivity contribution >= 4 is 34.8 Å². The molecule has 0 aliphatic carbocycles. The van der Waals surface area contributed by atoms with Gasteiger partial charge in [0.25, 0.3) is 11.8 Å². The number of piperazine rings is 1. The van der Waals surface area contributed by atoms with E-state index in [0.717, 1.165) is 17.9 Å². The fraction of sp³-hybridized carbons (Fsp3) is 0.286. The number of benzene rings is 3. The Bertz CT molecular complexity index is 1160. The molecular weight excluding hydrogens is 478 g/mol. The summed E-state index contributed by atoms with van der Waals surface area (Å²) in [5.74, 6) is 1.16. The van der Waals surface area contributed by atoms with Crippen LogP contribution in [-0.4, -0.2) is 56.1 Å². The number of nitrogens with zero attached hydrogens (tertiary/aromatic N) is 2. The smallest absolute Gasteiger partial charge is 0.262 e. The number of hydrogen-bond acceptors (Lipinski definition) is 5. The zero-order chi connectivity index (χ0) is 25.3. The highest BCUT2D eigenvalue weighted by molar-refractivity contribution is 6.33. The summed E-state index contributed by atoms with van der Waals surface area (Å²) >= 11 is 6.55. The molecule has 188 valence electrons.